The number of aromatic amines is 1. The molecule has 1 amide bonds. The van der Waals surface area contributed by atoms with E-state index in [0.29, 0.717) is 6.04 Å². The van der Waals surface area contributed by atoms with Gasteiger partial charge in [0.2, 0.25) is 0 Å². The van der Waals surface area contributed by atoms with Crippen molar-refractivity contribution in [3.8, 4) is 0 Å². The van der Waals surface area contributed by atoms with E-state index in [9.17, 15) is 4.79 Å². The molecule has 0 aliphatic carbocycles. The van der Waals surface area contributed by atoms with E-state index in [1.807, 2.05) is 24.1 Å². The minimum atomic E-state index is 0. The van der Waals surface area contributed by atoms with E-state index in [2.05, 4.69) is 17.2 Å². The molecule has 16 heavy (non-hydrogen) atoms. The molecule has 1 aliphatic rings. The molecule has 0 bridgehead atoms. The molecule has 0 spiro atoms. The van der Waals surface area contributed by atoms with Crippen molar-refractivity contribution in [1.29, 1.82) is 0 Å². The molecular weight excluding hydrogens is 226 g/mol. The zero-order valence-corrected chi connectivity index (χ0v) is 10.4. The van der Waals surface area contributed by atoms with Gasteiger partial charge in [-0.3, -0.25) is 4.79 Å². The minimum Gasteiger partial charge on any atom is -0.365 e. The molecule has 90 valence electrons. The predicted molar refractivity (Wildman–Crippen MR) is 66.1 cm³/mol. The van der Waals surface area contributed by atoms with Gasteiger partial charge in [0.25, 0.3) is 5.91 Å². The third kappa shape index (κ3) is 2.57. The molecule has 0 saturated carbocycles. The van der Waals surface area contributed by atoms with Gasteiger partial charge in [0.1, 0.15) is 0 Å². The van der Waals surface area contributed by atoms with Crippen LogP contribution in [0.15, 0.2) is 12.3 Å². The van der Waals surface area contributed by atoms with Crippen molar-refractivity contribution in [2.24, 2.45) is 0 Å². The molecule has 2 rings (SSSR count). The zero-order valence-electron chi connectivity index (χ0n) is 9.62. The Morgan fingerprint density at radius 2 is 2.31 bits per heavy atom. The summed E-state index contributed by atoms with van der Waals surface area (Å²) in [6.45, 7) is 6.51. The average molecular weight is 244 g/mol. The van der Waals surface area contributed by atoms with Crippen molar-refractivity contribution in [2.75, 3.05) is 19.6 Å². The second-order valence-corrected chi connectivity index (χ2v) is 4.12. The first-order valence-corrected chi connectivity index (χ1v) is 5.35. The second kappa shape index (κ2) is 5.37. The molecule has 1 aliphatic heterocycles. The summed E-state index contributed by atoms with van der Waals surface area (Å²) in [4.78, 5) is 17.1. The molecule has 1 aromatic heterocycles. The summed E-state index contributed by atoms with van der Waals surface area (Å²) in [6.07, 6.45) is 1.81. The van der Waals surface area contributed by atoms with Crippen LogP contribution in [0.1, 0.15) is 23.0 Å². The second-order valence-electron chi connectivity index (χ2n) is 4.12. The van der Waals surface area contributed by atoms with Crippen LogP contribution in [-0.4, -0.2) is 41.5 Å². The number of hydrogen-bond donors (Lipinski definition) is 2. The summed E-state index contributed by atoms with van der Waals surface area (Å²) < 4.78 is 0. The summed E-state index contributed by atoms with van der Waals surface area (Å²) in [5, 5.41) is 3.33. The quantitative estimate of drug-likeness (QED) is 0.778. The van der Waals surface area contributed by atoms with Gasteiger partial charge < -0.3 is 15.2 Å². The zero-order chi connectivity index (χ0) is 10.8. The van der Waals surface area contributed by atoms with E-state index < -0.39 is 0 Å². The number of carbonyl (C=O) groups excluding carboxylic acids is 1. The Labute approximate surface area is 102 Å². The molecule has 4 nitrogen and oxygen atoms in total. The number of piperazine rings is 1. The van der Waals surface area contributed by atoms with Gasteiger partial charge in [0.15, 0.2) is 0 Å². The van der Waals surface area contributed by atoms with E-state index >= 15 is 0 Å². The highest BCUT2D eigenvalue weighted by molar-refractivity contribution is 5.95. The maximum Gasteiger partial charge on any atom is 0.255 e. The number of hydrogen-bond acceptors (Lipinski definition) is 2. The van der Waals surface area contributed by atoms with Crippen molar-refractivity contribution >= 4 is 18.3 Å². The Kier molecular flexibility index (Phi) is 4.38. The lowest BCUT2D eigenvalue weighted by Crippen LogP contribution is -2.51. The number of rotatable bonds is 1. The number of halogens is 1. The molecule has 1 saturated heterocycles. The number of aryl methyl sites for hydroxylation is 1. The number of H-pyrrole nitrogens is 1. The summed E-state index contributed by atoms with van der Waals surface area (Å²) in [7, 11) is 0. The number of nitrogens with zero attached hydrogens (tertiary/aromatic N) is 1. The summed E-state index contributed by atoms with van der Waals surface area (Å²) in [5.74, 6) is 0.141. The lowest BCUT2D eigenvalue weighted by atomic mass is 10.2. The molecule has 0 aromatic carbocycles. The molecule has 5 heteroatoms. The predicted octanol–water partition coefficient (Wildman–Crippen LogP) is 1.18. The van der Waals surface area contributed by atoms with Crippen LogP contribution >= 0.6 is 12.4 Å². The minimum absolute atomic E-state index is 0. The number of nitrogens with one attached hydrogen (secondary N) is 2. The first-order chi connectivity index (χ1) is 7.18. The van der Waals surface area contributed by atoms with Gasteiger partial charge in [0, 0.05) is 37.6 Å². The lowest BCUT2D eigenvalue weighted by molar-refractivity contribution is 0.0708. The van der Waals surface area contributed by atoms with Crippen LogP contribution < -0.4 is 5.32 Å². The Morgan fingerprint density at radius 1 is 1.56 bits per heavy atom. The third-order valence-corrected chi connectivity index (χ3v) is 2.84. The maximum atomic E-state index is 12.1. The van der Waals surface area contributed by atoms with Crippen molar-refractivity contribution in [3.63, 3.8) is 0 Å². The number of carbonyl (C=O) groups is 1. The number of amides is 1. The van der Waals surface area contributed by atoms with Crippen LogP contribution in [0.25, 0.3) is 0 Å². The van der Waals surface area contributed by atoms with Crippen LogP contribution in [0.2, 0.25) is 0 Å². The van der Waals surface area contributed by atoms with Gasteiger partial charge in [-0.2, -0.15) is 0 Å². The molecule has 2 N–H and O–H groups in total. The number of aromatic nitrogens is 1. The molecule has 2 heterocycles. The van der Waals surface area contributed by atoms with Crippen LogP contribution in [0, 0.1) is 6.92 Å². The van der Waals surface area contributed by atoms with Crippen molar-refractivity contribution in [1.82, 2.24) is 15.2 Å². The van der Waals surface area contributed by atoms with Crippen molar-refractivity contribution < 1.29 is 4.79 Å². The standard InChI is InChI=1S/C11H17N3O.ClH/c1-8-7-14(6-5-12-8)11(15)10-3-4-13-9(10)2;/h3-4,8,12-13H,5-7H2,1-2H3;1H/t8-;/m0./s1. The van der Waals surface area contributed by atoms with Gasteiger partial charge in [-0.05, 0) is 19.9 Å². The Balaban J connectivity index is 0.00000128. The van der Waals surface area contributed by atoms with E-state index in [-0.39, 0.29) is 18.3 Å². The molecule has 1 fully saturated rings. The Morgan fingerprint density at radius 3 is 2.88 bits per heavy atom. The topological polar surface area (TPSA) is 48.1 Å². The van der Waals surface area contributed by atoms with E-state index in [0.717, 1.165) is 30.9 Å². The van der Waals surface area contributed by atoms with Gasteiger partial charge in [-0.1, -0.05) is 0 Å². The lowest BCUT2D eigenvalue weighted by Gasteiger charge is -2.31. The molecule has 0 radical (unpaired) electrons. The Bertz CT molecular complexity index is 364. The van der Waals surface area contributed by atoms with Crippen LogP contribution in [0.3, 0.4) is 0 Å². The fourth-order valence-electron chi connectivity index (χ4n) is 1.97. The van der Waals surface area contributed by atoms with Gasteiger partial charge in [0.05, 0.1) is 5.56 Å². The van der Waals surface area contributed by atoms with E-state index in [1.165, 1.54) is 0 Å². The van der Waals surface area contributed by atoms with E-state index in [1.54, 1.807) is 0 Å². The highest BCUT2D eigenvalue weighted by Gasteiger charge is 2.22. The SMILES string of the molecule is Cc1[nH]ccc1C(=O)N1CCN[C@@H](C)C1.Cl. The molecule has 1 atom stereocenters. The van der Waals surface area contributed by atoms with Gasteiger partial charge >= 0.3 is 0 Å². The average Bonchev–Trinajstić information content (AvgIpc) is 2.63. The maximum absolute atomic E-state index is 12.1. The molecule has 1 aromatic rings. The Hall–Kier alpha value is -1.00. The van der Waals surface area contributed by atoms with E-state index in [4.69, 9.17) is 0 Å². The van der Waals surface area contributed by atoms with Gasteiger partial charge in [-0.25, -0.2) is 0 Å². The molecule has 0 unspecified atom stereocenters. The summed E-state index contributed by atoms with van der Waals surface area (Å²) >= 11 is 0. The highest BCUT2D eigenvalue weighted by atomic mass is 35.5. The first-order valence-electron chi connectivity index (χ1n) is 5.35. The smallest absolute Gasteiger partial charge is 0.255 e. The van der Waals surface area contributed by atoms with Gasteiger partial charge in [-0.15, -0.1) is 12.4 Å². The summed E-state index contributed by atoms with van der Waals surface area (Å²) in [6, 6.07) is 2.24. The highest BCUT2D eigenvalue weighted by Crippen LogP contribution is 2.10. The summed E-state index contributed by atoms with van der Waals surface area (Å²) in [5.41, 5.74) is 1.75. The van der Waals surface area contributed by atoms with Crippen LogP contribution in [0.4, 0.5) is 0 Å². The van der Waals surface area contributed by atoms with Crippen molar-refractivity contribution in [2.45, 2.75) is 19.9 Å². The van der Waals surface area contributed by atoms with Crippen LogP contribution in [-0.2, 0) is 0 Å². The third-order valence-electron chi connectivity index (χ3n) is 2.84. The first kappa shape index (κ1) is 13.1. The monoisotopic (exact) mass is 243 g/mol. The largest absolute Gasteiger partial charge is 0.365 e. The van der Waals surface area contributed by atoms with Crippen LogP contribution in [0.5, 0.6) is 0 Å². The fraction of sp³-hybridized carbons (Fsp3) is 0.545. The normalized spacial score (nSPS) is 20.4. The fourth-order valence-corrected chi connectivity index (χ4v) is 1.97. The van der Waals surface area contributed by atoms with Crippen molar-refractivity contribution in [3.05, 3.63) is 23.5 Å². The molecular formula is C11H18ClN3O.